The van der Waals surface area contributed by atoms with Crippen LogP contribution in [0.25, 0.3) is 6.08 Å². The largest absolute Gasteiger partial charge is 0.507 e. The van der Waals surface area contributed by atoms with Crippen LogP contribution >= 0.6 is 27.7 Å². The molecule has 0 bridgehead atoms. The zero-order valence-electron chi connectivity index (χ0n) is 14.6. The highest BCUT2D eigenvalue weighted by atomic mass is 79.9. The minimum absolute atomic E-state index is 0.0991. The number of nitrogens with zero attached hydrogens (tertiary/aromatic N) is 2. The molecule has 6 nitrogen and oxygen atoms in total. The van der Waals surface area contributed by atoms with Gasteiger partial charge in [-0.05, 0) is 47.7 Å². The molecule has 0 spiro atoms. The van der Waals surface area contributed by atoms with E-state index in [1.165, 1.54) is 17.0 Å². The Bertz CT molecular complexity index is 986. The smallest absolute Gasteiger partial charge is 0.275 e. The Balaban J connectivity index is 1.83. The van der Waals surface area contributed by atoms with Crippen LogP contribution in [0.5, 0.6) is 5.75 Å². The first-order chi connectivity index (χ1) is 13.5. The topological polar surface area (TPSA) is 82.0 Å². The number of hydrogen-bond donors (Lipinski definition) is 2. The summed E-state index contributed by atoms with van der Waals surface area (Å²) in [4.78, 5) is 26.8. The lowest BCUT2D eigenvalue weighted by molar-refractivity contribution is -0.121. The van der Waals surface area contributed by atoms with E-state index in [9.17, 15) is 14.7 Å². The fourth-order valence-electron chi connectivity index (χ4n) is 2.42. The summed E-state index contributed by atoms with van der Waals surface area (Å²) in [5, 5.41) is 14.2. The number of amidine groups is 1. The Kier molecular flexibility index (Phi) is 6.33. The zero-order valence-corrected chi connectivity index (χ0v) is 17.0. The fourth-order valence-corrected chi connectivity index (χ4v) is 3.63. The zero-order chi connectivity index (χ0) is 20.1. The molecule has 2 N–H and O–H groups in total. The van der Waals surface area contributed by atoms with E-state index >= 15 is 0 Å². The van der Waals surface area contributed by atoms with Gasteiger partial charge < -0.3 is 5.11 Å². The van der Waals surface area contributed by atoms with Crippen molar-refractivity contribution < 1.29 is 14.7 Å². The van der Waals surface area contributed by atoms with Gasteiger partial charge >= 0.3 is 0 Å². The molecule has 142 valence electrons. The van der Waals surface area contributed by atoms with Gasteiger partial charge in [0, 0.05) is 11.0 Å². The molecule has 0 atom stereocenters. The van der Waals surface area contributed by atoms with E-state index in [0.29, 0.717) is 10.1 Å². The monoisotopic (exact) mass is 457 g/mol. The van der Waals surface area contributed by atoms with Crippen LogP contribution in [-0.4, -0.2) is 33.5 Å². The van der Waals surface area contributed by atoms with Gasteiger partial charge in [0.05, 0.1) is 10.5 Å². The number of carbonyl (C=O) groups excluding carboxylic acids is 2. The van der Waals surface area contributed by atoms with Crippen LogP contribution in [-0.2, 0) is 4.79 Å². The maximum Gasteiger partial charge on any atom is 0.275 e. The number of nitrogens with one attached hydrogen (secondary N) is 1. The molecule has 28 heavy (non-hydrogen) atoms. The number of hydrazone groups is 1. The normalized spacial score (nSPS) is 16.6. The van der Waals surface area contributed by atoms with Crippen molar-refractivity contribution in [3.8, 4) is 5.75 Å². The number of amides is 2. The second-order valence-electron chi connectivity index (χ2n) is 5.72. The highest BCUT2D eigenvalue weighted by Gasteiger charge is 2.33. The molecule has 2 aromatic rings. The fraction of sp³-hybridized carbons (Fsp3) is 0.0500. The molecule has 1 aliphatic heterocycles. The minimum atomic E-state index is -0.567. The summed E-state index contributed by atoms with van der Waals surface area (Å²) in [7, 11) is 0. The molecule has 0 unspecified atom stereocenters. The number of halogens is 1. The van der Waals surface area contributed by atoms with E-state index in [-0.39, 0.29) is 23.8 Å². The summed E-state index contributed by atoms with van der Waals surface area (Å²) in [6, 6.07) is 13.7. The predicted molar refractivity (Wildman–Crippen MR) is 115 cm³/mol. The average molecular weight is 458 g/mol. The van der Waals surface area contributed by atoms with Crippen LogP contribution in [0.1, 0.15) is 15.9 Å². The SMILES string of the molecule is C=CCN1C(=O)C(=Cc2ccc(Br)cc2)SC1=NNC(=O)c1ccccc1O. The van der Waals surface area contributed by atoms with E-state index in [0.717, 1.165) is 21.8 Å². The van der Waals surface area contributed by atoms with Gasteiger partial charge in [-0.2, -0.15) is 0 Å². The third kappa shape index (κ3) is 4.52. The van der Waals surface area contributed by atoms with Crippen molar-refractivity contribution in [2.45, 2.75) is 0 Å². The van der Waals surface area contributed by atoms with Crippen molar-refractivity contribution in [1.29, 1.82) is 0 Å². The van der Waals surface area contributed by atoms with Gasteiger partial charge in [0.1, 0.15) is 5.75 Å². The molecule has 0 saturated carbocycles. The van der Waals surface area contributed by atoms with Gasteiger partial charge in [-0.1, -0.05) is 46.3 Å². The number of aromatic hydroxyl groups is 1. The van der Waals surface area contributed by atoms with Crippen molar-refractivity contribution >= 4 is 50.7 Å². The van der Waals surface area contributed by atoms with Crippen LogP contribution < -0.4 is 5.43 Å². The minimum Gasteiger partial charge on any atom is -0.507 e. The van der Waals surface area contributed by atoms with Gasteiger partial charge in [0.2, 0.25) is 0 Å². The van der Waals surface area contributed by atoms with Crippen LogP contribution in [0.4, 0.5) is 0 Å². The first kappa shape index (κ1) is 19.9. The lowest BCUT2D eigenvalue weighted by atomic mass is 10.2. The van der Waals surface area contributed by atoms with E-state index in [1.54, 1.807) is 24.3 Å². The highest BCUT2D eigenvalue weighted by Crippen LogP contribution is 2.32. The molecule has 0 radical (unpaired) electrons. The van der Waals surface area contributed by atoms with Crippen molar-refractivity contribution in [3.63, 3.8) is 0 Å². The van der Waals surface area contributed by atoms with E-state index in [4.69, 9.17) is 0 Å². The van der Waals surface area contributed by atoms with Gasteiger partial charge in [-0.15, -0.1) is 11.7 Å². The van der Waals surface area contributed by atoms with Crippen LogP contribution in [0.2, 0.25) is 0 Å². The van der Waals surface area contributed by atoms with E-state index in [2.05, 4.69) is 33.0 Å². The molecular weight excluding hydrogens is 442 g/mol. The van der Waals surface area contributed by atoms with Gasteiger partial charge in [0.15, 0.2) is 5.17 Å². The molecule has 0 aromatic heterocycles. The van der Waals surface area contributed by atoms with E-state index < -0.39 is 5.91 Å². The molecular formula is C20H16BrN3O3S. The molecule has 8 heteroatoms. The Morgan fingerprint density at radius 3 is 2.64 bits per heavy atom. The first-order valence-electron chi connectivity index (χ1n) is 8.23. The number of phenols is 1. The van der Waals surface area contributed by atoms with Crippen molar-refractivity contribution in [2.75, 3.05) is 6.54 Å². The third-order valence-corrected chi connectivity index (χ3v) is 5.30. The third-order valence-electron chi connectivity index (χ3n) is 3.77. The highest BCUT2D eigenvalue weighted by molar-refractivity contribution is 9.10. The lowest BCUT2D eigenvalue weighted by Crippen LogP contribution is -2.31. The second-order valence-corrected chi connectivity index (χ2v) is 7.64. The van der Waals surface area contributed by atoms with Crippen molar-refractivity contribution in [3.05, 3.63) is 81.7 Å². The molecule has 1 aliphatic rings. The molecule has 3 rings (SSSR count). The maximum atomic E-state index is 12.7. The lowest BCUT2D eigenvalue weighted by Gasteiger charge is -2.12. The van der Waals surface area contributed by atoms with E-state index in [1.807, 2.05) is 24.3 Å². The van der Waals surface area contributed by atoms with Gasteiger partial charge in [-0.25, -0.2) is 5.43 Å². The number of benzene rings is 2. The molecule has 1 fully saturated rings. The Morgan fingerprint density at radius 2 is 1.96 bits per heavy atom. The van der Waals surface area contributed by atoms with Crippen molar-refractivity contribution in [1.82, 2.24) is 10.3 Å². The van der Waals surface area contributed by atoms with Gasteiger partial charge in [-0.3, -0.25) is 14.5 Å². The summed E-state index contributed by atoms with van der Waals surface area (Å²) >= 11 is 4.54. The summed E-state index contributed by atoms with van der Waals surface area (Å²) in [5.74, 6) is -0.931. The molecule has 2 amide bonds. The van der Waals surface area contributed by atoms with Crippen LogP contribution in [0.15, 0.2) is 75.7 Å². The number of para-hydroxylation sites is 1. The summed E-state index contributed by atoms with van der Waals surface area (Å²) in [5.41, 5.74) is 3.36. The second kappa shape index (κ2) is 8.90. The number of thioether (sulfide) groups is 1. The van der Waals surface area contributed by atoms with Gasteiger partial charge in [0.25, 0.3) is 11.8 Å². The van der Waals surface area contributed by atoms with Crippen LogP contribution in [0, 0.1) is 0 Å². The number of phenolic OH excluding ortho intramolecular Hbond substituents is 1. The molecule has 1 saturated heterocycles. The molecule has 0 aliphatic carbocycles. The number of hydrogen-bond acceptors (Lipinski definition) is 5. The first-order valence-corrected chi connectivity index (χ1v) is 9.84. The average Bonchev–Trinajstić information content (AvgIpc) is 2.97. The summed E-state index contributed by atoms with van der Waals surface area (Å²) < 4.78 is 0.947. The Labute approximate surface area is 174 Å². The maximum absolute atomic E-state index is 12.7. The number of rotatable bonds is 5. The Hall–Kier alpha value is -2.84. The molecule has 2 aromatic carbocycles. The number of carbonyl (C=O) groups is 2. The van der Waals surface area contributed by atoms with Crippen LogP contribution in [0.3, 0.4) is 0 Å². The quantitative estimate of drug-likeness (QED) is 0.404. The summed E-state index contributed by atoms with van der Waals surface area (Å²) in [6.45, 7) is 3.92. The standard InChI is InChI=1S/C20H16BrN3O3S/c1-2-11-24-19(27)17(12-13-7-9-14(21)10-8-13)28-20(24)23-22-18(26)15-5-3-4-6-16(15)25/h2-10,12,25H,1,11H2,(H,22,26). The molecule has 1 heterocycles. The summed E-state index contributed by atoms with van der Waals surface area (Å²) in [6.07, 6.45) is 3.35. The predicted octanol–water partition coefficient (Wildman–Crippen LogP) is 3.96. The Morgan fingerprint density at radius 1 is 1.25 bits per heavy atom. The van der Waals surface area contributed by atoms with Crippen molar-refractivity contribution in [2.24, 2.45) is 5.10 Å².